The van der Waals surface area contributed by atoms with Crippen molar-refractivity contribution in [2.24, 2.45) is 0 Å². The first-order valence-corrected chi connectivity index (χ1v) is 6.68. The molecule has 0 aromatic heterocycles. The van der Waals surface area contributed by atoms with E-state index >= 15 is 0 Å². The van der Waals surface area contributed by atoms with Crippen LogP contribution in [0.25, 0.3) is 0 Å². The summed E-state index contributed by atoms with van der Waals surface area (Å²) in [6, 6.07) is 9.12. The van der Waals surface area contributed by atoms with Gasteiger partial charge in [-0.25, -0.2) is 0 Å². The summed E-state index contributed by atoms with van der Waals surface area (Å²) in [5, 5.41) is 17.8. The highest BCUT2D eigenvalue weighted by Gasteiger charge is 2.28. The summed E-state index contributed by atoms with van der Waals surface area (Å²) in [7, 11) is 0. The molecule has 4 heteroatoms. The number of hydrogen-bond donors (Lipinski definition) is 1. The van der Waals surface area contributed by atoms with E-state index in [4.69, 9.17) is 10.4 Å². The van der Waals surface area contributed by atoms with E-state index in [1.165, 1.54) is 0 Å². The number of nitriles is 1. The van der Waals surface area contributed by atoms with Gasteiger partial charge in [-0.15, -0.1) is 0 Å². The van der Waals surface area contributed by atoms with Gasteiger partial charge in [0.05, 0.1) is 11.6 Å². The Balaban J connectivity index is 2.11. The normalized spacial score (nSPS) is 18.3. The van der Waals surface area contributed by atoms with Gasteiger partial charge in [0.15, 0.2) is 0 Å². The van der Waals surface area contributed by atoms with Crippen molar-refractivity contribution >= 4 is 5.91 Å². The van der Waals surface area contributed by atoms with Crippen molar-refractivity contribution in [2.75, 3.05) is 13.2 Å². The zero-order chi connectivity index (χ0) is 13.7. The van der Waals surface area contributed by atoms with Gasteiger partial charge in [-0.2, -0.15) is 5.26 Å². The fourth-order valence-corrected chi connectivity index (χ4v) is 2.62. The van der Waals surface area contributed by atoms with E-state index in [1.54, 1.807) is 24.3 Å². The minimum atomic E-state index is -0.00228. The third-order valence-corrected chi connectivity index (χ3v) is 3.57. The van der Waals surface area contributed by atoms with Gasteiger partial charge in [-0.3, -0.25) is 4.79 Å². The molecule has 1 saturated heterocycles. The standard InChI is InChI=1S/C15H18N2O2/c16-11-12-4-1-5-13(10-12)15(19)17-8-2-6-14(17)7-3-9-18/h1,4-5,10,14,18H,2-3,6-9H2. The van der Waals surface area contributed by atoms with Crippen LogP contribution in [0.2, 0.25) is 0 Å². The van der Waals surface area contributed by atoms with E-state index < -0.39 is 0 Å². The molecule has 1 heterocycles. The Morgan fingerprint density at radius 1 is 1.53 bits per heavy atom. The van der Waals surface area contributed by atoms with Crippen LogP contribution in [-0.4, -0.2) is 35.1 Å². The smallest absolute Gasteiger partial charge is 0.254 e. The Hall–Kier alpha value is -1.86. The second-order valence-electron chi connectivity index (χ2n) is 4.85. The van der Waals surface area contributed by atoms with E-state index in [0.29, 0.717) is 11.1 Å². The average Bonchev–Trinajstić information content (AvgIpc) is 2.92. The summed E-state index contributed by atoms with van der Waals surface area (Å²) in [4.78, 5) is 14.3. The molecule has 1 aliphatic rings. The topological polar surface area (TPSA) is 64.3 Å². The van der Waals surface area contributed by atoms with Gasteiger partial charge in [0.2, 0.25) is 0 Å². The Morgan fingerprint density at radius 3 is 3.11 bits per heavy atom. The van der Waals surface area contributed by atoms with Crippen molar-refractivity contribution in [1.29, 1.82) is 5.26 Å². The summed E-state index contributed by atoms with van der Waals surface area (Å²) in [6.07, 6.45) is 3.59. The highest BCUT2D eigenvalue weighted by Crippen LogP contribution is 2.23. The zero-order valence-electron chi connectivity index (χ0n) is 10.9. The number of likely N-dealkylation sites (tertiary alicyclic amines) is 1. The Labute approximate surface area is 113 Å². The molecule has 1 atom stereocenters. The maximum atomic E-state index is 12.4. The molecular formula is C15H18N2O2. The summed E-state index contributed by atoms with van der Waals surface area (Å²) < 4.78 is 0. The van der Waals surface area contributed by atoms with Gasteiger partial charge in [-0.05, 0) is 43.9 Å². The summed E-state index contributed by atoms with van der Waals surface area (Å²) in [5.41, 5.74) is 1.09. The molecule has 0 saturated carbocycles. The molecule has 1 aliphatic heterocycles. The van der Waals surface area contributed by atoms with Crippen LogP contribution in [0.1, 0.15) is 41.6 Å². The van der Waals surface area contributed by atoms with Crippen LogP contribution in [-0.2, 0) is 0 Å². The summed E-state index contributed by atoms with van der Waals surface area (Å²) >= 11 is 0. The Morgan fingerprint density at radius 2 is 2.37 bits per heavy atom. The monoisotopic (exact) mass is 258 g/mol. The first-order valence-electron chi connectivity index (χ1n) is 6.68. The van der Waals surface area contributed by atoms with Crippen LogP contribution >= 0.6 is 0 Å². The average molecular weight is 258 g/mol. The minimum Gasteiger partial charge on any atom is -0.396 e. The van der Waals surface area contributed by atoms with Gasteiger partial charge < -0.3 is 10.0 Å². The molecule has 0 bridgehead atoms. The van der Waals surface area contributed by atoms with E-state index in [0.717, 1.165) is 32.2 Å². The molecule has 1 fully saturated rings. The van der Waals surface area contributed by atoms with Crippen LogP contribution in [0.5, 0.6) is 0 Å². The Kier molecular flexibility index (Phi) is 4.53. The number of aliphatic hydroxyl groups excluding tert-OH is 1. The van der Waals surface area contributed by atoms with E-state index in [-0.39, 0.29) is 18.6 Å². The Bertz CT molecular complexity index is 493. The van der Waals surface area contributed by atoms with Gasteiger partial charge >= 0.3 is 0 Å². The number of nitrogens with zero attached hydrogens (tertiary/aromatic N) is 2. The number of rotatable bonds is 4. The lowest BCUT2D eigenvalue weighted by Crippen LogP contribution is -2.35. The van der Waals surface area contributed by atoms with Crippen molar-refractivity contribution in [3.63, 3.8) is 0 Å². The predicted molar refractivity (Wildman–Crippen MR) is 71.5 cm³/mol. The first-order chi connectivity index (χ1) is 9.26. The molecular weight excluding hydrogens is 240 g/mol. The molecule has 4 nitrogen and oxygen atoms in total. The lowest BCUT2D eigenvalue weighted by atomic mass is 10.1. The fraction of sp³-hybridized carbons (Fsp3) is 0.467. The highest BCUT2D eigenvalue weighted by atomic mass is 16.3. The number of aliphatic hydroxyl groups is 1. The van der Waals surface area contributed by atoms with Crippen LogP contribution in [0, 0.1) is 11.3 Å². The molecule has 0 aliphatic carbocycles. The van der Waals surface area contributed by atoms with Gasteiger partial charge in [0.1, 0.15) is 0 Å². The number of carbonyl (C=O) groups is 1. The molecule has 1 N–H and O–H groups in total. The molecule has 100 valence electrons. The second kappa shape index (κ2) is 6.35. The summed E-state index contributed by atoms with van der Waals surface area (Å²) in [6.45, 7) is 0.939. The maximum absolute atomic E-state index is 12.4. The third-order valence-electron chi connectivity index (χ3n) is 3.57. The van der Waals surface area contributed by atoms with E-state index in [9.17, 15) is 4.79 Å². The van der Waals surface area contributed by atoms with Gasteiger partial charge in [0, 0.05) is 24.8 Å². The molecule has 1 unspecified atom stereocenters. The van der Waals surface area contributed by atoms with Gasteiger partial charge in [0.25, 0.3) is 5.91 Å². The molecule has 2 rings (SSSR count). The quantitative estimate of drug-likeness (QED) is 0.897. The SMILES string of the molecule is N#Cc1cccc(C(=O)N2CCCC2CCCO)c1. The largest absolute Gasteiger partial charge is 0.396 e. The molecule has 0 spiro atoms. The number of carbonyl (C=O) groups excluding carboxylic acids is 1. The molecule has 1 aromatic carbocycles. The number of hydrogen-bond acceptors (Lipinski definition) is 3. The first kappa shape index (κ1) is 13.6. The van der Waals surface area contributed by atoms with Crippen molar-refractivity contribution < 1.29 is 9.90 Å². The van der Waals surface area contributed by atoms with E-state index in [1.807, 2.05) is 4.90 Å². The van der Waals surface area contributed by atoms with E-state index in [2.05, 4.69) is 6.07 Å². The van der Waals surface area contributed by atoms with Crippen molar-refractivity contribution in [1.82, 2.24) is 4.90 Å². The van der Waals surface area contributed by atoms with Gasteiger partial charge in [-0.1, -0.05) is 6.07 Å². The lowest BCUT2D eigenvalue weighted by molar-refractivity contribution is 0.0724. The molecule has 19 heavy (non-hydrogen) atoms. The maximum Gasteiger partial charge on any atom is 0.254 e. The second-order valence-corrected chi connectivity index (χ2v) is 4.85. The number of amides is 1. The third kappa shape index (κ3) is 3.12. The molecule has 1 amide bonds. The predicted octanol–water partition coefficient (Wildman–Crippen LogP) is 1.94. The number of benzene rings is 1. The van der Waals surface area contributed by atoms with Crippen LogP contribution < -0.4 is 0 Å². The van der Waals surface area contributed by atoms with Crippen LogP contribution in [0.4, 0.5) is 0 Å². The summed E-state index contributed by atoms with van der Waals surface area (Å²) in [5.74, 6) is -0.00228. The molecule has 0 radical (unpaired) electrons. The molecule has 1 aromatic rings. The highest BCUT2D eigenvalue weighted by molar-refractivity contribution is 5.95. The lowest BCUT2D eigenvalue weighted by Gasteiger charge is -2.24. The van der Waals surface area contributed by atoms with Crippen molar-refractivity contribution in [2.45, 2.75) is 31.7 Å². The van der Waals surface area contributed by atoms with Crippen LogP contribution in [0.3, 0.4) is 0 Å². The van der Waals surface area contributed by atoms with Crippen molar-refractivity contribution in [3.05, 3.63) is 35.4 Å². The van der Waals surface area contributed by atoms with Crippen molar-refractivity contribution in [3.8, 4) is 6.07 Å². The minimum absolute atomic E-state index is 0.00228. The zero-order valence-corrected chi connectivity index (χ0v) is 10.9. The van der Waals surface area contributed by atoms with Crippen LogP contribution in [0.15, 0.2) is 24.3 Å². The fourth-order valence-electron chi connectivity index (χ4n) is 2.62.